The molecule has 0 radical (unpaired) electrons. The van der Waals surface area contributed by atoms with Crippen LogP contribution in [0.3, 0.4) is 0 Å². The van der Waals surface area contributed by atoms with Gasteiger partial charge in [0, 0.05) is 3.57 Å². The van der Waals surface area contributed by atoms with Crippen molar-refractivity contribution >= 4 is 28.7 Å². The van der Waals surface area contributed by atoms with E-state index in [1.165, 1.54) is 3.57 Å². The third-order valence-corrected chi connectivity index (χ3v) is 2.80. The zero-order valence-corrected chi connectivity index (χ0v) is 10.7. The third-order valence-electron chi connectivity index (χ3n) is 2.12. The highest BCUT2D eigenvalue weighted by Crippen LogP contribution is 2.15. The molecule has 76 valence electrons. The summed E-state index contributed by atoms with van der Waals surface area (Å²) in [6, 6.07) is 8.26. The molecule has 1 nitrogen and oxygen atoms in total. The van der Waals surface area contributed by atoms with Crippen LogP contribution in [0.2, 0.25) is 0 Å². The van der Waals surface area contributed by atoms with Gasteiger partial charge in [0.2, 0.25) is 0 Å². The molecule has 0 saturated heterocycles. The number of aliphatic hydroxyl groups is 1. The van der Waals surface area contributed by atoms with Crippen LogP contribution in [0, 0.1) is 9.49 Å². The van der Waals surface area contributed by atoms with Crippen LogP contribution in [0.15, 0.2) is 29.8 Å². The summed E-state index contributed by atoms with van der Waals surface area (Å²) in [6.45, 7) is 4.33. The topological polar surface area (TPSA) is 20.2 Å². The van der Waals surface area contributed by atoms with Gasteiger partial charge >= 0.3 is 0 Å². The molecule has 0 atom stereocenters. The molecule has 0 aliphatic heterocycles. The van der Waals surface area contributed by atoms with Crippen molar-refractivity contribution in [2.75, 3.05) is 6.61 Å². The quantitative estimate of drug-likeness (QED) is 0.849. The maximum Gasteiger partial charge on any atom is 0.0647 e. The summed E-state index contributed by atoms with van der Waals surface area (Å²) < 4.78 is 1.22. The second-order valence-electron chi connectivity index (χ2n) is 3.59. The number of hydrogen-bond donors (Lipinski definition) is 1. The van der Waals surface area contributed by atoms with Crippen molar-refractivity contribution in [3.05, 3.63) is 39.0 Å². The molecule has 0 spiro atoms. The Kier molecular flexibility index (Phi) is 4.62. The Balaban J connectivity index is 2.94. The maximum atomic E-state index is 9.16. The predicted molar refractivity (Wildman–Crippen MR) is 69.1 cm³/mol. The SMILES string of the molecule is CC(C)/C(=C/c1cccc(I)c1)CO. The lowest BCUT2D eigenvalue weighted by atomic mass is 10.0. The molecule has 0 saturated carbocycles. The average molecular weight is 302 g/mol. The fourth-order valence-electron chi connectivity index (χ4n) is 1.21. The van der Waals surface area contributed by atoms with Crippen LogP contribution < -0.4 is 0 Å². The largest absolute Gasteiger partial charge is 0.392 e. The summed E-state index contributed by atoms with van der Waals surface area (Å²) in [5.41, 5.74) is 2.24. The molecule has 1 aromatic rings. The standard InChI is InChI=1S/C12H15IO/c1-9(2)11(8-14)6-10-4-3-5-12(13)7-10/h3-7,9,14H,8H2,1-2H3/b11-6+. The van der Waals surface area contributed by atoms with Gasteiger partial charge in [-0.25, -0.2) is 0 Å². The lowest BCUT2D eigenvalue weighted by molar-refractivity contribution is 0.320. The van der Waals surface area contributed by atoms with Gasteiger partial charge in [0.25, 0.3) is 0 Å². The van der Waals surface area contributed by atoms with Gasteiger partial charge in [-0.1, -0.05) is 32.1 Å². The summed E-state index contributed by atoms with van der Waals surface area (Å²) in [5, 5.41) is 9.16. The molecule has 0 aliphatic rings. The number of hydrogen-bond acceptors (Lipinski definition) is 1. The van der Waals surface area contributed by atoms with Crippen molar-refractivity contribution < 1.29 is 5.11 Å². The van der Waals surface area contributed by atoms with Crippen molar-refractivity contribution in [1.29, 1.82) is 0 Å². The number of benzene rings is 1. The van der Waals surface area contributed by atoms with Gasteiger partial charge in [-0.15, -0.1) is 0 Å². The van der Waals surface area contributed by atoms with Crippen molar-refractivity contribution in [1.82, 2.24) is 0 Å². The molecule has 2 heteroatoms. The van der Waals surface area contributed by atoms with Gasteiger partial charge in [0.15, 0.2) is 0 Å². The minimum Gasteiger partial charge on any atom is -0.392 e. The van der Waals surface area contributed by atoms with Crippen LogP contribution in [-0.2, 0) is 0 Å². The number of aliphatic hydroxyl groups excluding tert-OH is 1. The Bertz CT molecular complexity index is 329. The summed E-state index contributed by atoms with van der Waals surface area (Å²) in [4.78, 5) is 0. The molecule has 0 heterocycles. The Morgan fingerprint density at radius 3 is 2.71 bits per heavy atom. The Morgan fingerprint density at radius 2 is 2.21 bits per heavy atom. The minimum atomic E-state index is 0.142. The summed E-state index contributed by atoms with van der Waals surface area (Å²) in [7, 11) is 0. The van der Waals surface area contributed by atoms with E-state index >= 15 is 0 Å². The molecule has 1 rings (SSSR count). The van der Waals surface area contributed by atoms with Gasteiger partial charge in [-0.05, 0) is 51.8 Å². The van der Waals surface area contributed by atoms with Gasteiger partial charge in [-0.2, -0.15) is 0 Å². The van der Waals surface area contributed by atoms with E-state index in [1.807, 2.05) is 6.07 Å². The second kappa shape index (κ2) is 5.51. The maximum absolute atomic E-state index is 9.16. The van der Waals surface area contributed by atoms with Crippen LogP contribution in [0.1, 0.15) is 19.4 Å². The molecular formula is C12H15IO. The second-order valence-corrected chi connectivity index (χ2v) is 4.83. The van der Waals surface area contributed by atoms with Gasteiger partial charge in [0.1, 0.15) is 0 Å². The van der Waals surface area contributed by atoms with E-state index in [2.05, 4.69) is 60.7 Å². The monoisotopic (exact) mass is 302 g/mol. The van der Waals surface area contributed by atoms with E-state index in [9.17, 15) is 0 Å². The van der Waals surface area contributed by atoms with E-state index in [4.69, 9.17) is 5.11 Å². The van der Waals surface area contributed by atoms with Crippen LogP contribution >= 0.6 is 22.6 Å². The van der Waals surface area contributed by atoms with Gasteiger partial charge < -0.3 is 5.11 Å². The zero-order chi connectivity index (χ0) is 10.6. The first-order valence-corrected chi connectivity index (χ1v) is 5.78. The van der Waals surface area contributed by atoms with Crippen LogP contribution in [0.25, 0.3) is 6.08 Å². The molecule has 0 unspecified atom stereocenters. The van der Waals surface area contributed by atoms with Gasteiger partial charge in [0.05, 0.1) is 6.61 Å². The zero-order valence-electron chi connectivity index (χ0n) is 8.50. The summed E-state index contributed by atoms with van der Waals surface area (Å²) in [6.07, 6.45) is 2.06. The van der Waals surface area contributed by atoms with Crippen molar-refractivity contribution in [2.45, 2.75) is 13.8 Å². The Labute approximate surface area is 99.0 Å². The van der Waals surface area contributed by atoms with Crippen molar-refractivity contribution in [3.63, 3.8) is 0 Å². The first-order chi connectivity index (χ1) is 6.63. The Morgan fingerprint density at radius 1 is 1.50 bits per heavy atom. The molecular weight excluding hydrogens is 287 g/mol. The highest BCUT2D eigenvalue weighted by atomic mass is 127. The average Bonchev–Trinajstić information content (AvgIpc) is 2.14. The lowest BCUT2D eigenvalue weighted by Crippen LogP contribution is -1.98. The molecule has 0 amide bonds. The van der Waals surface area contributed by atoms with Crippen molar-refractivity contribution in [3.8, 4) is 0 Å². The smallest absolute Gasteiger partial charge is 0.0647 e. The van der Waals surface area contributed by atoms with E-state index < -0.39 is 0 Å². The van der Waals surface area contributed by atoms with E-state index in [1.54, 1.807) is 0 Å². The van der Waals surface area contributed by atoms with Crippen LogP contribution in [0.4, 0.5) is 0 Å². The fourth-order valence-corrected chi connectivity index (χ4v) is 1.77. The van der Waals surface area contributed by atoms with E-state index in [0.717, 1.165) is 11.1 Å². The van der Waals surface area contributed by atoms with E-state index in [0.29, 0.717) is 5.92 Å². The fraction of sp³-hybridized carbons (Fsp3) is 0.333. The minimum absolute atomic E-state index is 0.142. The first-order valence-electron chi connectivity index (χ1n) is 4.70. The molecule has 0 bridgehead atoms. The highest BCUT2D eigenvalue weighted by molar-refractivity contribution is 14.1. The third kappa shape index (κ3) is 3.42. The van der Waals surface area contributed by atoms with Crippen LogP contribution in [0.5, 0.6) is 0 Å². The van der Waals surface area contributed by atoms with E-state index in [-0.39, 0.29) is 6.61 Å². The summed E-state index contributed by atoms with van der Waals surface area (Å²) in [5.74, 6) is 0.401. The summed E-state index contributed by atoms with van der Waals surface area (Å²) >= 11 is 2.29. The molecule has 14 heavy (non-hydrogen) atoms. The Hall–Kier alpha value is -0.350. The number of halogens is 1. The number of rotatable bonds is 3. The van der Waals surface area contributed by atoms with Gasteiger partial charge in [-0.3, -0.25) is 0 Å². The predicted octanol–water partition coefficient (Wildman–Crippen LogP) is 3.32. The first kappa shape index (κ1) is 11.7. The molecule has 1 N–H and O–H groups in total. The molecule has 0 aliphatic carbocycles. The molecule has 0 aromatic heterocycles. The highest BCUT2D eigenvalue weighted by Gasteiger charge is 2.01. The van der Waals surface area contributed by atoms with Crippen molar-refractivity contribution in [2.24, 2.45) is 5.92 Å². The van der Waals surface area contributed by atoms with Crippen LogP contribution in [-0.4, -0.2) is 11.7 Å². The lowest BCUT2D eigenvalue weighted by Gasteiger charge is -2.07. The normalized spacial score (nSPS) is 12.2. The molecule has 1 aromatic carbocycles. The molecule has 0 fully saturated rings.